The number of H-pyrrole nitrogens is 1. The Bertz CT molecular complexity index is 972. The van der Waals surface area contributed by atoms with Crippen LogP contribution in [0.3, 0.4) is 0 Å². The van der Waals surface area contributed by atoms with Gasteiger partial charge in [-0.25, -0.2) is 0 Å². The quantitative estimate of drug-likeness (QED) is 0.658. The maximum Gasteiger partial charge on any atom is 0.274 e. The van der Waals surface area contributed by atoms with Gasteiger partial charge in [0, 0.05) is 31.3 Å². The van der Waals surface area contributed by atoms with Crippen LogP contribution < -0.4 is 4.74 Å². The molecule has 0 radical (unpaired) electrons. The molecule has 1 unspecified atom stereocenters. The van der Waals surface area contributed by atoms with Gasteiger partial charge in [0.2, 0.25) is 0 Å². The van der Waals surface area contributed by atoms with Crippen LogP contribution in [0, 0.1) is 6.92 Å². The molecule has 0 aliphatic carbocycles. The van der Waals surface area contributed by atoms with E-state index in [-0.39, 0.29) is 12.0 Å². The van der Waals surface area contributed by atoms with Crippen molar-refractivity contribution in [1.82, 2.24) is 15.1 Å². The first-order valence-corrected chi connectivity index (χ1v) is 9.79. The number of carbonyl (C=O) groups is 1. The zero-order valence-corrected chi connectivity index (χ0v) is 16.7. The van der Waals surface area contributed by atoms with Crippen molar-refractivity contribution < 1.29 is 18.7 Å². The summed E-state index contributed by atoms with van der Waals surface area (Å²) in [5, 5.41) is 7.14. The van der Waals surface area contributed by atoms with Gasteiger partial charge in [-0.2, -0.15) is 5.10 Å². The molecule has 3 heterocycles. The van der Waals surface area contributed by atoms with Gasteiger partial charge >= 0.3 is 0 Å². The number of aromatic amines is 1. The van der Waals surface area contributed by atoms with Crippen LogP contribution in [0.25, 0.3) is 11.5 Å². The molecule has 3 aromatic rings. The first kappa shape index (κ1) is 19.3. The number of amides is 1. The van der Waals surface area contributed by atoms with Crippen LogP contribution in [0.2, 0.25) is 0 Å². The van der Waals surface area contributed by atoms with E-state index in [1.165, 1.54) is 0 Å². The molecule has 1 atom stereocenters. The smallest absolute Gasteiger partial charge is 0.274 e. The molecule has 4 rings (SSSR count). The third kappa shape index (κ3) is 4.35. The van der Waals surface area contributed by atoms with Crippen LogP contribution in [0.15, 0.2) is 46.9 Å². The summed E-state index contributed by atoms with van der Waals surface area (Å²) in [5.74, 6) is 2.06. The predicted molar refractivity (Wildman–Crippen MR) is 108 cm³/mol. The Hall–Kier alpha value is -3.06. The third-order valence-electron chi connectivity index (χ3n) is 5.09. The Labute approximate surface area is 169 Å². The number of hydrogen-bond acceptors (Lipinski definition) is 5. The van der Waals surface area contributed by atoms with Gasteiger partial charge < -0.3 is 18.8 Å². The van der Waals surface area contributed by atoms with E-state index in [2.05, 4.69) is 10.2 Å². The summed E-state index contributed by atoms with van der Waals surface area (Å²) in [7, 11) is 1.64. The average Bonchev–Trinajstić information content (AvgIpc) is 3.49. The molecule has 7 nitrogen and oxygen atoms in total. The second kappa shape index (κ2) is 8.53. The van der Waals surface area contributed by atoms with Crippen LogP contribution in [-0.4, -0.2) is 47.4 Å². The maximum atomic E-state index is 13.3. The Balaban J connectivity index is 1.58. The van der Waals surface area contributed by atoms with E-state index < -0.39 is 0 Å². The first-order chi connectivity index (χ1) is 14.1. The number of benzene rings is 1. The molecule has 1 N–H and O–H groups in total. The first-order valence-electron chi connectivity index (χ1n) is 9.79. The number of furan rings is 1. The maximum absolute atomic E-state index is 13.3. The predicted octanol–water partition coefficient (Wildman–Crippen LogP) is 3.81. The van der Waals surface area contributed by atoms with Gasteiger partial charge in [-0.1, -0.05) is 18.2 Å². The van der Waals surface area contributed by atoms with Crippen molar-refractivity contribution >= 4 is 5.91 Å². The van der Waals surface area contributed by atoms with E-state index >= 15 is 0 Å². The number of nitrogens with one attached hydrogen (secondary N) is 1. The third-order valence-corrected chi connectivity index (χ3v) is 5.09. The summed E-state index contributed by atoms with van der Waals surface area (Å²) in [6.07, 6.45) is 2.01. The molecule has 1 aromatic carbocycles. The molecule has 2 aromatic heterocycles. The molecule has 152 valence electrons. The lowest BCUT2D eigenvalue weighted by atomic mass is 10.1. The molecule has 1 aliphatic rings. The fourth-order valence-electron chi connectivity index (χ4n) is 3.59. The largest absolute Gasteiger partial charge is 0.496 e. The van der Waals surface area contributed by atoms with Crippen LogP contribution in [-0.2, 0) is 11.3 Å². The number of hydrogen-bond donors (Lipinski definition) is 1. The summed E-state index contributed by atoms with van der Waals surface area (Å²) in [6.45, 7) is 3.55. The van der Waals surface area contributed by atoms with Crippen molar-refractivity contribution in [3.8, 4) is 17.2 Å². The highest BCUT2D eigenvalue weighted by Crippen LogP contribution is 2.24. The summed E-state index contributed by atoms with van der Waals surface area (Å²) < 4.78 is 16.9. The minimum atomic E-state index is -0.155. The van der Waals surface area contributed by atoms with Crippen molar-refractivity contribution in [2.45, 2.75) is 32.4 Å². The monoisotopic (exact) mass is 395 g/mol. The number of aryl methyl sites for hydroxylation is 1. The number of rotatable bonds is 7. The molecule has 0 bridgehead atoms. The number of nitrogens with zero attached hydrogens (tertiary/aromatic N) is 2. The van der Waals surface area contributed by atoms with E-state index in [4.69, 9.17) is 13.9 Å². The van der Waals surface area contributed by atoms with Crippen molar-refractivity contribution in [1.29, 1.82) is 0 Å². The minimum absolute atomic E-state index is 0.0415. The Morgan fingerprint density at radius 2 is 2.17 bits per heavy atom. The van der Waals surface area contributed by atoms with E-state index in [0.29, 0.717) is 30.2 Å². The second-order valence-electron chi connectivity index (χ2n) is 7.21. The van der Waals surface area contributed by atoms with Crippen molar-refractivity contribution in [3.63, 3.8) is 0 Å². The van der Waals surface area contributed by atoms with Gasteiger partial charge in [-0.05, 0) is 38.0 Å². The Morgan fingerprint density at radius 3 is 2.90 bits per heavy atom. The lowest BCUT2D eigenvalue weighted by Gasteiger charge is -2.25. The standard InChI is InChI=1S/C22H25N3O4/c1-15-9-10-21(29-15)18-12-19(24-23-18)22(26)25(14-17-7-5-11-28-17)13-16-6-3-4-8-20(16)27-2/h3-4,6,8-10,12,17H,5,7,11,13-14H2,1-2H3,(H,23,24). The average molecular weight is 395 g/mol. The van der Waals surface area contributed by atoms with E-state index in [9.17, 15) is 4.79 Å². The second-order valence-corrected chi connectivity index (χ2v) is 7.21. The van der Waals surface area contributed by atoms with Gasteiger partial charge in [0.25, 0.3) is 5.91 Å². The zero-order chi connectivity index (χ0) is 20.2. The molecule has 29 heavy (non-hydrogen) atoms. The van der Waals surface area contributed by atoms with Crippen LogP contribution in [0.4, 0.5) is 0 Å². The van der Waals surface area contributed by atoms with Gasteiger partial charge in [-0.3, -0.25) is 9.89 Å². The number of para-hydroxylation sites is 1. The van der Waals surface area contributed by atoms with E-state index in [1.807, 2.05) is 43.3 Å². The molecule has 1 fully saturated rings. The van der Waals surface area contributed by atoms with Gasteiger partial charge in [0.15, 0.2) is 11.5 Å². The number of aromatic nitrogens is 2. The molecular weight excluding hydrogens is 370 g/mol. The summed E-state index contributed by atoms with van der Waals surface area (Å²) >= 11 is 0. The van der Waals surface area contributed by atoms with Crippen LogP contribution >= 0.6 is 0 Å². The highest BCUT2D eigenvalue weighted by Gasteiger charge is 2.26. The summed E-state index contributed by atoms with van der Waals surface area (Å²) in [5.41, 5.74) is 1.97. The van der Waals surface area contributed by atoms with Crippen LogP contribution in [0.1, 0.15) is 34.7 Å². The number of methoxy groups -OCH3 is 1. The van der Waals surface area contributed by atoms with Gasteiger partial charge in [-0.15, -0.1) is 0 Å². The zero-order valence-electron chi connectivity index (χ0n) is 16.7. The normalized spacial score (nSPS) is 16.1. The fraction of sp³-hybridized carbons (Fsp3) is 0.364. The highest BCUT2D eigenvalue weighted by atomic mass is 16.5. The Morgan fingerprint density at radius 1 is 1.31 bits per heavy atom. The number of ether oxygens (including phenoxy) is 2. The Kier molecular flexibility index (Phi) is 5.67. The van der Waals surface area contributed by atoms with Crippen molar-refractivity contribution in [2.75, 3.05) is 20.3 Å². The number of carbonyl (C=O) groups excluding carboxylic acids is 1. The van der Waals surface area contributed by atoms with Gasteiger partial charge in [0.1, 0.15) is 17.2 Å². The fourth-order valence-corrected chi connectivity index (χ4v) is 3.59. The lowest BCUT2D eigenvalue weighted by molar-refractivity contribution is 0.0501. The van der Waals surface area contributed by atoms with Crippen molar-refractivity contribution in [2.24, 2.45) is 0 Å². The molecule has 1 amide bonds. The minimum Gasteiger partial charge on any atom is -0.496 e. The SMILES string of the molecule is COc1ccccc1CN(CC1CCCO1)C(=O)c1cc(-c2ccc(C)o2)[nH]n1. The summed E-state index contributed by atoms with van der Waals surface area (Å²) in [4.78, 5) is 15.1. The molecule has 7 heteroatoms. The van der Waals surface area contributed by atoms with Crippen LogP contribution in [0.5, 0.6) is 5.75 Å². The molecule has 1 aliphatic heterocycles. The topological polar surface area (TPSA) is 80.6 Å². The van der Waals surface area contributed by atoms with Crippen molar-refractivity contribution in [3.05, 3.63) is 59.5 Å². The van der Waals surface area contributed by atoms with Gasteiger partial charge in [0.05, 0.1) is 13.2 Å². The highest BCUT2D eigenvalue weighted by molar-refractivity contribution is 5.93. The molecule has 0 saturated carbocycles. The van der Waals surface area contributed by atoms with E-state index in [0.717, 1.165) is 36.5 Å². The molecule has 1 saturated heterocycles. The summed E-state index contributed by atoms with van der Waals surface area (Å²) in [6, 6.07) is 13.2. The van der Waals surface area contributed by atoms with E-state index in [1.54, 1.807) is 18.1 Å². The lowest BCUT2D eigenvalue weighted by Crippen LogP contribution is -2.37. The molecular formula is C22H25N3O4. The molecule has 0 spiro atoms.